The van der Waals surface area contributed by atoms with E-state index in [0.29, 0.717) is 9.97 Å². The van der Waals surface area contributed by atoms with Crippen LogP contribution in [-0.2, 0) is 4.74 Å². The van der Waals surface area contributed by atoms with Crippen molar-refractivity contribution < 1.29 is 4.74 Å². The zero-order chi connectivity index (χ0) is 9.26. The fraction of sp³-hybridized carbons (Fsp3) is 0.667. The van der Waals surface area contributed by atoms with Gasteiger partial charge in [-0.15, -0.1) is 0 Å². The standard InChI is InChI=1S/C9H13IN2O/c1-7(10)8-4-11-12(5-8)9-2-3-13-6-9/h4-5,7,9H,2-3,6H2,1H3/t7?,9-/m1/s1. The van der Waals surface area contributed by atoms with E-state index in [-0.39, 0.29) is 0 Å². The summed E-state index contributed by atoms with van der Waals surface area (Å²) in [6.45, 7) is 3.86. The number of ether oxygens (including phenoxy) is 1. The lowest BCUT2D eigenvalue weighted by atomic mass is 10.2. The van der Waals surface area contributed by atoms with Crippen LogP contribution in [0.2, 0.25) is 0 Å². The Morgan fingerprint density at radius 1 is 1.77 bits per heavy atom. The summed E-state index contributed by atoms with van der Waals surface area (Å²) in [6.07, 6.45) is 5.18. The van der Waals surface area contributed by atoms with Crippen LogP contribution in [0.1, 0.15) is 28.9 Å². The maximum absolute atomic E-state index is 5.32. The second-order valence-electron chi connectivity index (χ2n) is 3.39. The molecule has 2 heterocycles. The molecule has 0 bridgehead atoms. The molecule has 2 atom stereocenters. The van der Waals surface area contributed by atoms with Crippen molar-refractivity contribution in [2.75, 3.05) is 13.2 Å². The van der Waals surface area contributed by atoms with Gasteiger partial charge in [0, 0.05) is 22.3 Å². The minimum atomic E-state index is 0.462. The molecule has 1 unspecified atom stereocenters. The number of alkyl halides is 1. The molecule has 13 heavy (non-hydrogen) atoms. The smallest absolute Gasteiger partial charge is 0.0774 e. The summed E-state index contributed by atoms with van der Waals surface area (Å²) < 4.78 is 7.89. The molecule has 1 aromatic rings. The lowest BCUT2D eigenvalue weighted by Gasteiger charge is -2.06. The van der Waals surface area contributed by atoms with Crippen molar-refractivity contribution in [2.45, 2.75) is 23.3 Å². The van der Waals surface area contributed by atoms with E-state index in [0.717, 1.165) is 19.6 Å². The molecule has 72 valence electrons. The van der Waals surface area contributed by atoms with Gasteiger partial charge in [0.2, 0.25) is 0 Å². The van der Waals surface area contributed by atoms with Crippen LogP contribution in [0.3, 0.4) is 0 Å². The predicted octanol–water partition coefficient (Wildman–Crippen LogP) is 2.34. The number of aromatic nitrogens is 2. The van der Waals surface area contributed by atoms with Crippen LogP contribution < -0.4 is 0 Å². The van der Waals surface area contributed by atoms with Gasteiger partial charge in [-0.25, -0.2) is 0 Å². The van der Waals surface area contributed by atoms with Gasteiger partial charge in [-0.1, -0.05) is 22.6 Å². The van der Waals surface area contributed by atoms with Gasteiger partial charge < -0.3 is 4.74 Å². The Hall–Kier alpha value is -0.100. The SMILES string of the molecule is CC(I)c1cnn([C@@H]2CCOC2)c1. The largest absolute Gasteiger partial charge is 0.379 e. The van der Waals surface area contributed by atoms with Gasteiger partial charge in [-0.05, 0) is 13.3 Å². The summed E-state index contributed by atoms with van der Waals surface area (Å²) in [7, 11) is 0. The summed E-state index contributed by atoms with van der Waals surface area (Å²) in [4.78, 5) is 0. The Bertz CT molecular complexity index is 279. The molecular weight excluding hydrogens is 279 g/mol. The predicted molar refractivity (Wildman–Crippen MR) is 59.1 cm³/mol. The van der Waals surface area contributed by atoms with Gasteiger partial charge in [0.25, 0.3) is 0 Å². The van der Waals surface area contributed by atoms with E-state index >= 15 is 0 Å². The van der Waals surface area contributed by atoms with Crippen LogP contribution in [0.25, 0.3) is 0 Å². The highest BCUT2D eigenvalue weighted by molar-refractivity contribution is 14.1. The first-order valence-electron chi connectivity index (χ1n) is 4.53. The van der Waals surface area contributed by atoms with Gasteiger partial charge in [0.1, 0.15) is 0 Å². The summed E-state index contributed by atoms with van der Waals surface area (Å²) >= 11 is 2.40. The Labute approximate surface area is 91.6 Å². The Kier molecular flexibility index (Phi) is 2.88. The monoisotopic (exact) mass is 292 g/mol. The molecule has 0 aromatic carbocycles. The maximum atomic E-state index is 5.32. The average molecular weight is 292 g/mol. The lowest BCUT2D eigenvalue weighted by molar-refractivity contribution is 0.184. The molecule has 4 heteroatoms. The van der Waals surface area contributed by atoms with Gasteiger partial charge in [0.05, 0.1) is 18.8 Å². The van der Waals surface area contributed by atoms with E-state index in [9.17, 15) is 0 Å². The van der Waals surface area contributed by atoms with Crippen LogP contribution >= 0.6 is 22.6 Å². The molecule has 1 saturated heterocycles. The van der Waals surface area contributed by atoms with Crippen molar-refractivity contribution in [1.29, 1.82) is 0 Å². The molecule has 1 aliphatic rings. The molecule has 0 radical (unpaired) electrons. The molecule has 0 spiro atoms. The molecule has 0 amide bonds. The van der Waals surface area contributed by atoms with Crippen molar-refractivity contribution >= 4 is 22.6 Å². The number of rotatable bonds is 2. The zero-order valence-corrected chi connectivity index (χ0v) is 9.77. The molecule has 2 rings (SSSR count). The molecular formula is C9H13IN2O. The number of halogens is 1. The van der Waals surface area contributed by atoms with Crippen molar-refractivity contribution in [3.63, 3.8) is 0 Å². The molecule has 0 N–H and O–H groups in total. The van der Waals surface area contributed by atoms with Gasteiger partial charge in [-0.2, -0.15) is 5.10 Å². The second kappa shape index (κ2) is 3.96. The zero-order valence-electron chi connectivity index (χ0n) is 7.61. The van der Waals surface area contributed by atoms with Crippen LogP contribution in [0.4, 0.5) is 0 Å². The van der Waals surface area contributed by atoms with Gasteiger partial charge >= 0.3 is 0 Å². The van der Waals surface area contributed by atoms with E-state index < -0.39 is 0 Å². The highest BCUT2D eigenvalue weighted by Gasteiger charge is 2.18. The van der Waals surface area contributed by atoms with E-state index in [4.69, 9.17) is 4.74 Å². The molecule has 1 aliphatic heterocycles. The van der Waals surface area contributed by atoms with Crippen molar-refractivity contribution in [2.24, 2.45) is 0 Å². The highest BCUT2D eigenvalue weighted by atomic mass is 127. The normalized spacial score (nSPS) is 24.9. The Morgan fingerprint density at radius 3 is 3.15 bits per heavy atom. The fourth-order valence-electron chi connectivity index (χ4n) is 1.49. The summed E-state index contributed by atoms with van der Waals surface area (Å²) in [5, 5.41) is 4.35. The lowest BCUT2D eigenvalue weighted by Crippen LogP contribution is -2.08. The minimum Gasteiger partial charge on any atom is -0.379 e. The van der Waals surface area contributed by atoms with Crippen molar-refractivity contribution in [1.82, 2.24) is 9.78 Å². The quantitative estimate of drug-likeness (QED) is 0.618. The Morgan fingerprint density at radius 2 is 2.62 bits per heavy atom. The third kappa shape index (κ3) is 2.04. The third-order valence-corrected chi connectivity index (χ3v) is 3.08. The molecule has 0 aliphatic carbocycles. The highest BCUT2D eigenvalue weighted by Crippen LogP contribution is 2.24. The number of hydrogen-bond donors (Lipinski definition) is 0. The summed E-state index contributed by atoms with van der Waals surface area (Å²) in [5.74, 6) is 0. The van der Waals surface area contributed by atoms with Crippen molar-refractivity contribution in [3.8, 4) is 0 Å². The van der Waals surface area contributed by atoms with Gasteiger partial charge in [0.15, 0.2) is 0 Å². The summed E-state index contributed by atoms with van der Waals surface area (Å²) in [5.41, 5.74) is 1.30. The average Bonchev–Trinajstić information content (AvgIpc) is 2.75. The van der Waals surface area contributed by atoms with E-state index in [1.54, 1.807) is 0 Å². The Balaban J connectivity index is 2.12. The van der Waals surface area contributed by atoms with Crippen molar-refractivity contribution in [3.05, 3.63) is 18.0 Å². The van der Waals surface area contributed by atoms with Crippen LogP contribution in [0, 0.1) is 0 Å². The second-order valence-corrected chi connectivity index (χ2v) is 5.26. The first kappa shape index (κ1) is 9.45. The summed E-state index contributed by atoms with van der Waals surface area (Å²) in [6, 6.07) is 0.462. The topological polar surface area (TPSA) is 27.1 Å². The van der Waals surface area contributed by atoms with Crippen LogP contribution in [-0.4, -0.2) is 23.0 Å². The molecule has 1 aromatic heterocycles. The molecule has 3 nitrogen and oxygen atoms in total. The van der Waals surface area contributed by atoms with E-state index in [1.807, 2.05) is 10.9 Å². The molecule has 1 fully saturated rings. The molecule has 0 saturated carbocycles. The minimum absolute atomic E-state index is 0.462. The van der Waals surface area contributed by atoms with E-state index in [1.165, 1.54) is 5.56 Å². The number of hydrogen-bond acceptors (Lipinski definition) is 2. The van der Waals surface area contributed by atoms with Gasteiger partial charge in [-0.3, -0.25) is 4.68 Å². The fourth-order valence-corrected chi connectivity index (χ4v) is 1.81. The van der Waals surface area contributed by atoms with Crippen LogP contribution in [0.15, 0.2) is 12.4 Å². The number of nitrogens with zero attached hydrogens (tertiary/aromatic N) is 2. The first-order valence-corrected chi connectivity index (χ1v) is 5.78. The third-order valence-electron chi connectivity index (χ3n) is 2.36. The van der Waals surface area contributed by atoms with E-state index in [2.05, 4.69) is 40.8 Å². The van der Waals surface area contributed by atoms with Crippen LogP contribution in [0.5, 0.6) is 0 Å². The first-order chi connectivity index (χ1) is 6.27. The maximum Gasteiger partial charge on any atom is 0.0774 e.